The lowest BCUT2D eigenvalue weighted by Crippen LogP contribution is -2.49. The van der Waals surface area contributed by atoms with Gasteiger partial charge < -0.3 is 10.6 Å². The highest BCUT2D eigenvalue weighted by Gasteiger charge is 2.48. The molecular formula is C24H24ClF2N7OS. The average molecular weight is 532 g/mol. The summed E-state index contributed by atoms with van der Waals surface area (Å²) < 4.78 is 31.0. The second-order valence-corrected chi connectivity index (χ2v) is 10.1. The maximum atomic E-state index is 14.0. The van der Waals surface area contributed by atoms with Gasteiger partial charge in [-0.2, -0.15) is 21.8 Å². The Bertz CT molecular complexity index is 1490. The van der Waals surface area contributed by atoms with E-state index in [1.54, 1.807) is 28.6 Å². The quantitative estimate of drug-likeness (QED) is 0.392. The Morgan fingerprint density at radius 2 is 2.00 bits per heavy atom. The fourth-order valence-electron chi connectivity index (χ4n) is 4.86. The molecule has 1 aromatic carbocycles. The molecule has 8 nitrogen and oxygen atoms in total. The maximum absolute atomic E-state index is 14.0. The number of halogens is 3. The molecule has 0 aliphatic carbocycles. The molecule has 1 aliphatic rings. The van der Waals surface area contributed by atoms with Crippen LogP contribution in [0.15, 0.2) is 53.6 Å². The third kappa shape index (κ3) is 3.90. The highest BCUT2D eigenvalue weighted by Crippen LogP contribution is 2.43. The summed E-state index contributed by atoms with van der Waals surface area (Å²) in [5.41, 5.74) is 5.30. The highest BCUT2D eigenvalue weighted by molar-refractivity contribution is 7.98. The predicted molar refractivity (Wildman–Crippen MR) is 138 cm³/mol. The number of nitrogen functional groups attached to an aromatic ring is 1. The van der Waals surface area contributed by atoms with Crippen LogP contribution in [0.1, 0.15) is 31.2 Å². The van der Waals surface area contributed by atoms with E-state index in [4.69, 9.17) is 22.4 Å². The number of rotatable bonds is 6. The highest BCUT2D eigenvalue weighted by atomic mass is 35.5. The number of hydrogen-bond donors (Lipinski definition) is 1. The van der Waals surface area contributed by atoms with Crippen molar-refractivity contribution in [3.63, 3.8) is 0 Å². The number of nitrogens with zero attached hydrogens (tertiary/aromatic N) is 6. The van der Waals surface area contributed by atoms with E-state index in [-0.39, 0.29) is 22.8 Å². The molecule has 36 heavy (non-hydrogen) atoms. The summed E-state index contributed by atoms with van der Waals surface area (Å²) in [7, 11) is 0. The van der Waals surface area contributed by atoms with Gasteiger partial charge in [-0.3, -0.25) is 9.36 Å². The first-order valence-electron chi connectivity index (χ1n) is 11.3. The minimum absolute atomic E-state index is 0.214. The van der Waals surface area contributed by atoms with Gasteiger partial charge >= 0.3 is 0 Å². The van der Waals surface area contributed by atoms with Crippen LogP contribution < -0.4 is 16.2 Å². The van der Waals surface area contributed by atoms with Crippen LogP contribution in [0.3, 0.4) is 0 Å². The van der Waals surface area contributed by atoms with Gasteiger partial charge in [-0.15, -0.1) is 0 Å². The minimum atomic E-state index is -3.17. The van der Waals surface area contributed by atoms with Gasteiger partial charge in [0.25, 0.3) is 11.5 Å². The van der Waals surface area contributed by atoms with Crippen LogP contribution in [-0.2, 0) is 11.5 Å². The molecule has 1 aliphatic heterocycles. The number of para-hydroxylation sites is 1. The SMILES string of the molecule is CSCC1(c2nn3ccc(Cl)c3c(=O)n2-c2ccccc2)CCCN1c1ncc(C(C)(F)F)c(N)n1. The van der Waals surface area contributed by atoms with Crippen molar-refractivity contribution in [1.29, 1.82) is 0 Å². The van der Waals surface area contributed by atoms with Crippen LogP contribution >= 0.6 is 23.4 Å². The average Bonchev–Trinajstić information content (AvgIpc) is 3.43. The van der Waals surface area contributed by atoms with Gasteiger partial charge in [0.2, 0.25) is 5.95 Å². The second-order valence-electron chi connectivity index (χ2n) is 8.83. The number of thioether (sulfide) groups is 1. The maximum Gasteiger partial charge on any atom is 0.284 e. The smallest absolute Gasteiger partial charge is 0.284 e. The van der Waals surface area contributed by atoms with Crippen LogP contribution in [-0.4, -0.2) is 42.7 Å². The molecule has 5 rings (SSSR count). The largest absolute Gasteiger partial charge is 0.383 e. The van der Waals surface area contributed by atoms with Crippen molar-refractivity contribution in [2.45, 2.75) is 31.2 Å². The number of anilines is 2. The van der Waals surface area contributed by atoms with E-state index >= 15 is 0 Å². The number of alkyl halides is 2. The topological polar surface area (TPSA) is 94.3 Å². The Labute approximate surface area is 215 Å². The molecule has 0 bridgehead atoms. The zero-order valence-electron chi connectivity index (χ0n) is 19.7. The van der Waals surface area contributed by atoms with E-state index in [9.17, 15) is 13.6 Å². The van der Waals surface area contributed by atoms with Gasteiger partial charge in [0, 0.05) is 31.6 Å². The van der Waals surface area contributed by atoms with E-state index in [0.29, 0.717) is 35.3 Å². The van der Waals surface area contributed by atoms with Crippen molar-refractivity contribution in [2.24, 2.45) is 0 Å². The van der Waals surface area contributed by atoms with E-state index in [1.807, 2.05) is 41.5 Å². The van der Waals surface area contributed by atoms with Crippen LogP contribution in [0.25, 0.3) is 11.2 Å². The molecule has 1 saturated heterocycles. The Kier molecular flexibility index (Phi) is 6.16. The molecule has 1 unspecified atom stereocenters. The van der Waals surface area contributed by atoms with Gasteiger partial charge in [0.15, 0.2) is 5.82 Å². The molecule has 1 atom stereocenters. The van der Waals surface area contributed by atoms with Gasteiger partial charge in [0.1, 0.15) is 16.9 Å². The zero-order chi connectivity index (χ0) is 25.7. The Morgan fingerprint density at radius 3 is 2.67 bits per heavy atom. The van der Waals surface area contributed by atoms with Gasteiger partial charge in [-0.1, -0.05) is 29.8 Å². The standard InChI is InChI=1S/C24H24ClF2N7OS/c1-23(26,27)16-13-29-22(30-19(16)28)32-11-6-10-24(32,14-36-2)21-31-33-12-9-17(25)18(33)20(35)34(21)15-7-4-3-5-8-15/h3-5,7-9,12-13H,6,10-11,14H2,1-2H3,(H2,28,29,30). The first kappa shape index (κ1) is 24.5. The van der Waals surface area contributed by atoms with Gasteiger partial charge in [-0.25, -0.2) is 18.3 Å². The van der Waals surface area contributed by atoms with E-state index in [2.05, 4.69) is 9.97 Å². The number of hydrogen-bond acceptors (Lipinski definition) is 7. The summed E-state index contributed by atoms with van der Waals surface area (Å²) in [4.78, 5) is 24.3. The first-order chi connectivity index (χ1) is 17.2. The first-order valence-corrected chi connectivity index (χ1v) is 13.1. The summed E-state index contributed by atoms with van der Waals surface area (Å²) >= 11 is 7.94. The Balaban J connectivity index is 1.78. The zero-order valence-corrected chi connectivity index (χ0v) is 21.2. The van der Waals surface area contributed by atoms with Crippen molar-refractivity contribution in [2.75, 3.05) is 29.2 Å². The summed E-state index contributed by atoms with van der Waals surface area (Å²) in [5, 5.41) is 5.20. The number of benzene rings is 1. The normalized spacial score (nSPS) is 18.3. The lowest BCUT2D eigenvalue weighted by atomic mass is 9.96. The van der Waals surface area contributed by atoms with Crippen LogP contribution in [0.4, 0.5) is 20.5 Å². The van der Waals surface area contributed by atoms with E-state index in [1.165, 1.54) is 4.52 Å². The molecule has 2 N–H and O–H groups in total. The molecule has 4 heterocycles. The third-order valence-electron chi connectivity index (χ3n) is 6.46. The molecule has 3 aromatic heterocycles. The lowest BCUT2D eigenvalue weighted by molar-refractivity contribution is 0.0177. The summed E-state index contributed by atoms with van der Waals surface area (Å²) in [6.45, 7) is 1.30. The van der Waals surface area contributed by atoms with Crippen molar-refractivity contribution < 1.29 is 8.78 Å². The minimum Gasteiger partial charge on any atom is -0.383 e. The molecule has 0 saturated carbocycles. The number of aromatic nitrogens is 5. The fourth-order valence-corrected chi connectivity index (χ4v) is 5.99. The number of nitrogens with two attached hydrogens (primary N) is 1. The van der Waals surface area contributed by atoms with Crippen molar-refractivity contribution in [3.8, 4) is 5.69 Å². The van der Waals surface area contributed by atoms with Crippen molar-refractivity contribution in [3.05, 3.63) is 75.6 Å². The summed E-state index contributed by atoms with van der Waals surface area (Å²) in [6, 6.07) is 10.8. The monoisotopic (exact) mass is 531 g/mol. The molecule has 0 radical (unpaired) electrons. The van der Waals surface area contributed by atoms with Crippen LogP contribution in [0.2, 0.25) is 5.02 Å². The number of fused-ring (bicyclic) bond motifs is 1. The Morgan fingerprint density at radius 1 is 1.25 bits per heavy atom. The van der Waals surface area contributed by atoms with E-state index in [0.717, 1.165) is 19.5 Å². The molecule has 0 amide bonds. The van der Waals surface area contributed by atoms with Crippen LogP contribution in [0, 0.1) is 0 Å². The summed E-state index contributed by atoms with van der Waals surface area (Å²) in [5.74, 6) is -2.21. The van der Waals surface area contributed by atoms with Crippen LogP contribution in [0.5, 0.6) is 0 Å². The fraction of sp³-hybridized carbons (Fsp3) is 0.333. The van der Waals surface area contributed by atoms with Crippen molar-refractivity contribution in [1.82, 2.24) is 24.1 Å². The second kappa shape index (κ2) is 9.04. The molecular weight excluding hydrogens is 508 g/mol. The van der Waals surface area contributed by atoms with Gasteiger partial charge in [-0.05, 0) is 37.3 Å². The summed E-state index contributed by atoms with van der Waals surface area (Å²) in [6.07, 6.45) is 6.08. The van der Waals surface area contributed by atoms with Crippen molar-refractivity contribution >= 4 is 40.6 Å². The predicted octanol–water partition coefficient (Wildman–Crippen LogP) is 4.48. The van der Waals surface area contributed by atoms with E-state index < -0.39 is 17.0 Å². The molecule has 1 fully saturated rings. The molecule has 12 heteroatoms. The molecule has 188 valence electrons. The third-order valence-corrected chi connectivity index (χ3v) is 7.53. The lowest BCUT2D eigenvalue weighted by Gasteiger charge is -2.38. The molecule has 0 spiro atoms. The molecule has 4 aromatic rings. The Hall–Kier alpha value is -3.18. The van der Waals surface area contributed by atoms with Gasteiger partial charge in [0.05, 0.1) is 16.3 Å².